The maximum absolute atomic E-state index is 12.6. The van der Waals surface area contributed by atoms with Crippen molar-refractivity contribution in [2.45, 2.75) is 20.0 Å². The smallest absolute Gasteiger partial charge is 0.271 e. The lowest BCUT2D eigenvalue weighted by molar-refractivity contribution is -0.384. The SMILES string of the molecule is CC(C)Oc1ccc(Br)cc1C(=O)NC(=S)Nc1ccc([N+](=O)[O-])cc1Cl. The first-order valence-corrected chi connectivity index (χ1v) is 9.27. The van der Waals surface area contributed by atoms with Crippen molar-refractivity contribution in [1.82, 2.24) is 5.32 Å². The summed E-state index contributed by atoms with van der Waals surface area (Å²) in [6.45, 7) is 3.71. The molecule has 0 saturated heterocycles. The molecule has 0 aliphatic heterocycles. The first kappa shape index (κ1) is 21.1. The van der Waals surface area contributed by atoms with Crippen LogP contribution < -0.4 is 15.4 Å². The van der Waals surface area contributed by atoms with Crippen LogP contribution in [0.25, 0.3) is 0 Å². The first-order valence-electron chi connectivity index (χ1n) is 7.70. The van der Waals surface area contributed by atoms with E-state index in [1.54, 1.807) is 18.2 Å². The lowest BCUT2D eigenvalue weighted by atomic mass is 10.2. The van der Waals surface area contributed by atoms with E-state index >= 15 is 0 Å². The Morgan fingerprint density at radius 1 is 1.30 bits per heavy atom. The number of non-ortho nitro benzene ring substituents is 1. The molecule has 10 heteroatoms. The van der Waals surface area contributed by atoms with E-state index < -0.39 is 10.8 Å². The lowest BCUT2D eigenvalue weighted by Crippen LogP contribution is -2.34. The molecule has 142 valence electrons. The van der Waals surface area contributed by atoms with E-state index in [1.165, 1.54) is 18.2 Å². The molecule has 0 heterocycles. The fourth-order valence-corrected chi connectivity index (χ4v) is 2.87. The van der Waals surface area contributed by atoms with Gasteiger partial charge < -0.3 is 10.1 Å². The van der Waals surface area contributed by atoms with Crippen molar-refractivity contribution in [3.05, 3.63) is 61.6 Å². The van der Waals surface area contributed by atoms with Crippen molar-refractivity contribution < 1.29 is 14.5 Å². The van der Waals surface area contributed by atoms with E-state index in [4.69, 9.17) is 28.6 Å². The van der Waals surface area contributed by atoms with Gasteiger partial charge in [-0.3, -0.25) is 20.2 Å². The van der Waals surface area contributed by atoms with Gasteiger partial charge in [-0.2, -0.15) is 0 Å². The number of halogens is 2. The number of amides is 1. The van der Waals surface area contributed by atoms with Gasteiger partial charge in [-0.05, 0) is 50.3 Å². The van der Waals surface area contributed by atoms with Crippen LogP contribution in [0.4, 0.5) is 11.4 Å². The molecule has 0 atom stereocenters. The highest BCUT2D eigenvalue weighted by Crippen LogP contribution is 2.27. The summed E-state index contributed by atoms with van der Waals surface area (Å²) in [5.74, 6) is -0.0515. The van der Waals surface area contributed by atoms with E-state index in [2.05, 4.69) is 26.6 Å². The van der Waals surface area contributed by atoms with E-state index in [0.29, 0.717) is 21.5 Å². The molecule has 2 rings (SSSR count). The normalized spacial score (nSPS) is 10.4. The van der Waals surface area contributed by atoms with Crippen LogP contribution in [-0.4, -0.2) is 22.0 Å². The standard InChI is InChI=1S/C17H15BrClN3O4S/c1-9(2)26-15-6-3-10(18)7-12(15)16(23)21-17(27)20-14-5-4-11(22(24)25)8-13(14)19/h3-9H,1-2H3,(H2,20,21,23,27). The average molecular weight is 473 g/mol. The predicted octanol–water partition coefficient (Wildman–Crippen LogP) is 4.92. The third kappa shape index (κ3) is 5.88. The van der Waals surface area contributed by atoms with Gasteiger partial charge in [0.05, 0.1) is 27.3 Å². The molecule has 0 aliphatic carbocycles. The monoisotopic (exact) mass is 471 g/mol. The Kier molecular flexibility index (Phi) is 7.11. The summed E-state index contributed by atoms with van der Waals surface area (Å²) in [4.78, 5) is 22.8. The molecule has 2 N–H and O–H groups in total. The Balaban J connectivity index is 2.13. The number of anilines is 1. The average Bonchev–Trinajstić information content (AvgIpc) is 2.57. The Bertz CT molecular complexity index is 908. The van der Waals surface area contributed by atoms with E-state index in [-0.39, 0.29) is 21.9 Å². The van der Waals surface area contributed by atoms with Crippen molar-refractivity contribution in [1.29, 1.82) is 0 Å². The second-order valence-corrected chi connectivity index (χ2v) is 7.37. The Morgan fingerprint density at radius 3 is 2.59 bits per heavy atom. The fourth-order valence-electron chi connectivity index (χ4n) is 2.08. The molecule has 0 saturated carbocycles. The van der Waals surface area contributed by atoms with Crippen LogP contribution in [0.2, 0.25) is 5.02 Å². The second kappa shape index (κ2) is 9.12. The number of hydrogen-bond acceptors (Lipinski definition) is 5. The van der Waals surface area contributed by atoms with E-state index in [1.807, 2.05) is 13.8 Å². The number of rotatable bonds is 5. The van der Waals surface area contributed by atoms with Crippen molar-refractivity contribution in [2.24, 2.45) is 0 Å². The highest BCUT2D eigenvalue weighted by atomic mass is 79.9. The second-order valence-electron chi connectivity index (χ2n) is 5.64. The van der Waals surface area contributed by atoms with Gasteiger partial charge in [0, 0.05) is 16.6 Å². The number of ether oxygens (including phenoxy) is 1. The summed E-state index contributed by atoms with van der Waals surface area (Å²) in [6.07, 6.45) is -0.110. The molecule has 0 radical (unpaired) electrons. The first-order chi connectivity index (χ1) is 12.7. The van der Waals surface area contributed by atoms with Gasteiger partial charge in [0.1, 0.15) is 5.75 Å². The number of carbonyl (C=O) groups excluding carboxylic acids is 1. The zero-order valence-electron chi connectivity index (χ0n) is 14.3. The maximum atomic E-state index is 12.6. The summed E-state index contributed by atoms with van der Waals surface area (Å²) >= 11 is 14.5. The van der Waals surface area contributed by atoms with Crippen LogP contribution in [0, 0.1) is 10.1 Å². The van der Waals surface area contributed by atoms with Gasteiger partial charge in [0.2, 0.25) is 0 Å². The Morgan fingerprint density at radius 2 is 2.00 bits per heavy atom. The van der Waals surface area contributed by atoms with Gasteiger partial charge in [-0.1, -0.05) is 27.5 Å². The number of nitro benzene ring substituents is 1. The highest BCUT2D eigenvalue weighted by molar-refractivity contribution is 9.10. The Labute approximate surface area is 174 Å². The molecule has 2 aromatic carbocycles. The number of nitrogens with one attached hydrogen (secondary N) is 2. The minimum absolute atomic E-state index is 0.00812. The summed E-state index contributed by atoms with van der Waals surface area (Å²) in [7, 11) is 0. The quantitative estimate of drug-likeness (QED) is 0.364. The molecular formula is C17H15BrClN3O4S. The molecule has 0 bridgehead atoms. The van der Waals surface area contributed by atoms with Crippen LogP contribution in [0.3, 0.4) is 0 Å². The molecule has 0 aliphatic rings. The lowest BCUT2D eigenvalue weighted by Gasteiger charge is -2.15. The van der Waals surface area contributed by atoms with Crippen molar-refractivity contribution in [2.75, 3.05) is 5.32 Å². The number of benzene rings is 2. The number of nitrogens with zero attached hydrogens (tertiary/aromatic N) is 1. The Hall–Kier alpha value is -2.23. The van der Waals surface area contributed by atoms with Crippen molar-refractivity contribution in [3.63, 3.8) is 0 Å². The van der Waals surface area contributed by atoms with Crippen molar-refractivity contribution >= 4 is 62.1 Å². The third-order valence-corrected chi connectivity index (χ3v) is 4.20. The summed E-state index contributed by atoms with van der Waals surface area (Å²) in [5.41, 5.74) is 0.489. The molecule has 7 nitrogen and oxygen atoms in total. The van der Waals surface area contributed by atoms with Gasteiger partial charge >= 0.3 is 0 Å². The molecule has 0 spiro atoms. The third-order valence-electron chi connectivity index (χ3n) is 3.19. The van der Waals surface area contributed by atoms with Crippen LogP contribution in [0.1, 0.15) is 24.2 Å². The van der Waals surface area contributed by atoms with Crippen LogP contribution in [-0.2, 0) is 0 Å². The molecule has 1 amide bonds. The zero-order chi connectivity index (χ0) is 20.1. The van der Waals surface area contributed by atoms with Crippen LogP contribution in [0.5, 0.6) is 5.75 Å². The number of nitro groups is 1. The fraction of sp³-hybridized carbons (Fsp3) is 0.176. The molecule has 0 unspecified atom stereocenters. The van der Waals surface area contributed by atoms with Crippen molar-refractivity contribution in [3.8, 4) is 5.75 Å². The molecule has 0 fully saturated rings. The molecule has 2 aromatic rings. The summed E-state index contributed by atoms with van der Waals surface area (Å²) in [6, 6.07) is 8.95. The van der Waals surface area contributed by atoms with Gasteiger partial charge in [0.25, 0.3) is 11.6 Å². The number of hydrogen-bond donors (Lipinski definition) is 2. The number of thiocarbonyl (C=S) groups is 1. The topological polar surface area (TPSA) is 93.5 Å². The van der Waals surface area contributed by atoms with Gasteiger partial charge in [-0.25, -0.2) is 0 Å². The summed E-state index contributed by atoms with van der Waals surface area (Å²) < 4.78 is 6.36. The zero-order valence-corrected chi connectivity index (χ0v) is 17.4. The minimum Gasteiger partial charge on any atom is -0.490 e. The summed E-state index contributed by atoms with van der Waals surface area (Å²) in [5, 5.41) is 16.1. The molecular weight excluding hydrogens is 458 g/mol. The maximum Gasteiger partial charge on any atom is 0.271 e. The minimum atomic E-state index is -0.556. The number of carbonyl (C=O) groups is 1. The van der Waals surface area contributed by atoms with Gasteiger partial charge in [-0.15, -0.1) is 0 Å². The predicted molar refractivity (Wildman–Crippen MR) is 112 cm³/mol. The van der Waals surface area contributed by atoms with Gasteiger partial charge in [0.15, 0.2) is 5.11 Å². The van der Waals surface area contributed by atoms with Crippen LogP contribution >= 0.6 is 39.7 Å². The van der Waals surface area contributed by atoms with Crippen LogP contribution in [0.15, 0.2) is 40.9 Å². The molecule has 27 heavy (non-hydrogen) atoms. The largest absolute Gasteiger partial charge is 0.490 e. The highest BCUT2D eigenvalue weighted by Gasteiger charge is 2.17. The molecule has 0 aromatic heterocycles. The van der Waals surface area contributed by atoms with E-state index in [0.717, 1.165) is 0 Å². The van der Waals surface area contributed by atoms with E-state index in [9.17, 15) is 14.9 Å².